The van der Waals surface area contributed by atoms with Crippen LogP contribution in [0, 0.1) is 13.8 Å². The average Bonchev–Trinajstić information content (AvgIpc) is 2.74. The SMILES string of the molecule is CCOC(=O)CCc1cc2c(C)cc(=O)oc2c2c1OCN(Cc1ccc(C)cc1)C2. The zero-order chi connectivity index (χ0) is 22.0. The van der Waals surface area contributed by atoms with Gasteiger partial charge in [0.05, 0.1) is 12.2 Å². The van der Waals surface area contributed by atoms with Crippen molar-refractivity contribution in [1.82, 2.24) is 4.90 Å². The number of nitrogens with zero attached hydrogens (tertiary/aromatic N) is 1. The molecule has 1 aliphatic heterocycles. The van der Waals surface area contributed by atoms with Crippen LogP contribution < -0.4 is 10.4 Å². The van der Waals surface area contributed by atoms with Crippen molar-refractivity contribution in [3.8, 4) is 5.75 Å². The highest BCUT2D eigenvalue weighted by atomic mass is 16.5. The van der Waals surface area contributed by atoms with Crippen LogP contribution in [0.4, 0.5) is 0 Å². The van der Waals surface area contributed by atoms with E-state index in [4.69, 9.17) is 13.9 Å². The average molecular weight is 421 g/mol. The van der Waals surface area contributed by atoms with Crippen molar-refractivity contribution < 1.29 is 18.7 Å². The van der Waals surface area contributed by atoms with Crippen molar-refractivity contribution in [2.24, 2.45) is 0 Å². The summed E-state index contributed by atoms with van der Waals surface area (Å²) in [5, 5.41) is 0.873. The summed E-state index contributed by atoms with van der Waals surface area (Å²) in [5.41, 5.74) is 5.24. The van der Waals surface area contributed by atoms with Crippen molar-refractivity contribution >= 4 is 16.9 Å². The number of carbonyl (C=O) groups excluding carboxylic acids is 1. The van der Waals surface area contributed by atoms with Gasteiger partial charge in [0.15, 0.2) is 0 Å². The summed E-state index contributed by atoms with van der Waals surface area (Å²) >= 11 is 0. The summed E-state index contributed by atoms with van der Waals surface area (Å²) in [7, 11) is 0. The van der Waals surface area contributed by atoms with Gasteiger partial charge in [0, 0.05) is 31.0 Å². The molecule has 2 heterocycles. The lowest BCUT2D eigenvalue weighted by Gasteiger charge is -2.31. The topological polar surface area (TPSA) is 69.0 Å². The molecule has 2 aromatic carbocycles. The van der Waals surface area contributed by atoms with Crippen LogP contribution in [0.3, 0.4) is 0 Å². The van der Waals surface area contributed by atoms with Crippen molar-refractivity contribution in [1.29, 1.82) is 0 Å². The van der Waals surface area contributed by atoms with E-state index in [1.165, 1.54) is 17.2 Å². The molecule has 0 fully saturated rings. The van der Waals surface area contributed by atoms with Crippen LogP contribution in [-0.2, 0) is 29.0 Å². The second-order valence-electron chi connectivity index (χ2n) is 8.02. The summed E-state index contributed by atoms with van der Waals surface area (Å²) in [5.74, 6) is 0.482. The molecule has 0 radical (unpaired) electrons. The zero-order valence-corrected chi connectivity index (χ0v) is 18.2. The third-order valence-corrected chi connectivity index (χ3v) is 5.57. The fraction of sp³-hybridized carbons (Fsp3) is 0.360. The molecular weight excluding hydrogens is 394 g/mol. The van der Waals surface area contributed by atoms with E-state index in [0.717, 1.165) is 28.6 Å². The molecule has 0 saturated heterocycles. The van der Waals surface area contributed by atoms with Gasteiger partial charge in [-0.1, -0.05) is 29.8 Å². The van der Waals surface area contributed by atoms with Gasteiger partial charge in [-0.2, -0.15) is 0 Å². The molecule has 31 heavy (non-hydrogen) atoms. The van der Waals surface area contributed by atoms with E-state index in [0.29, 0.717) is 37.6 Å². The smallest absolute Gasteiger partial charge is 0.336 e. The molecular formula is C25H27NO5. The Morgan fingerprint density at radius 3 is 2.68 bits per heavy atom. The number of ether oxygens (including phenoxy) is 2. The lowest BCUT2D eigenvalue weighted by atomic mass is 9.97. The quantitative estimate of drug-likeness (QED) is 0.438. The Morgan fingerprint density at radius 2 is 1.94 bits per heavy atom. The van der Waals surface area contributed by atoms with Crippen LogP contribution in [0.1, 0.15) is 41.2 Å². The van der Waals surface area contributed by atoms with Crippen molar-refractivity contribution in [2.45, 2.75) is 46.7 Å². The fourth-order valence-electron chi connectivity index (χ4n) is 4.02. The highest BCUT2D eigenvalue weighted by molar-refractivity contribution is 5.86. The van der Waals surface area contributed by atoms with Gasteiger partial charge < -0.3 is 13.9 Å². The van der Waals surface area contributed by atoms with Crippen LogP contribution in [-0.4, -0.2) is 24.2 Å². The number of benzene rings is 2. The molecule has 1 aliphatic rings. The second-order valence-corrected chi connectivity index (χ2v) is 8.02. The van der Waals surface area contributed by atoms with Crippen LogP contribution in [0.15, 0.2) is 45.6 Å². The molecule has 0 unspecified atom stereocenters. The van der Waals surface area contributed by atoms with Crippen molar-refractivity contribution in [3.05, 3.63) is 74.6 Å². The van der Waals surface area contributed by atoms with Crippen molar-refractivity contribution in [3.63, 3.8) is 0 Å². The summed E-state index contributed by atoms with van der Waals surface area (Å²) in [6.07, 6.45) is 0.783. The molecule has 0 atom stereocenters. The van der Waals surface area contributed by atoms with Gasteiger partial charge in [0.2, 0.25) is 0 Å². The van der Waals surface area contributed by atoms with E-state index in [1.807, 2.05) is 13.0 Å². The van der Waals surface area contributed by atoms with Gasteiger partial charge in [-0.25, -0.2) is 4.79 Å². The standard InChI is InChI=1S/C25H27NO5/c1-4-29-22(27)10-9-19-12-20-17(3)11-23(28)31-25(20)21-14-26(15-30-24(19)21)13-18-7-5-16(2)6-8-18/h5-8,11-12H,4,9-10,13-15H2,1-3H3. The molecule has 0 bridgehead atoms. The van der Waals surface area contributed by atoms with E-state index in [9.17, 15) is 9.59 Å². The Balaban J connectivity index is 1.69. The molecule has 0 saturated carbocycles. The van der Waals surface area contributed by atoms with Gasteiger partial charge in [-0.15, -0.1) is 0 Å². The van der Waals surface area contributed by atoms with E-state index in [1.54, 1.807) is 6.92 Å². The van der Waals surface area contributed by atoms with Crippen LogP contribution in [0.25, 0.3) is 11.0 Å². The first-order valence-electron chi connectivity index (χ1n) is 10.6. The number of rotatable bonds is 6. The van der Waals surface area contributed by atoms with E-state index < -0.39 is 0 Å². The van der Waals surface area contributed by atoms with E-state index in [-0.39, 0.29) is 18.0 Å². The molecule has 3 aromatic rings. The number of fused-ring (bicyclic) bond motifs is 3. The van der Waals surface area contributed by atoms with Gasteiger partial charge >= 0.3 is 11.6 Å². The molecule has 4 rings (SSSR count). The number of esters is 1. The molecule has 0 spiro atoms. The summed E-state index contributed by atoms with van der Waals surface area (Å²) < 4.78 is 16.9. The first-order valence-corrected chi connectivity index (χ1v) is 10.6. The predicted molar refractivity (Wildman–Crippen MR) is 118 cm³/mol. The first-order chi connectivity index (χ1) is 14.9. The summed E-state index contributed by atoms with van der Waals surface area (Å²) in [6.45, 7) is 7.88. The van der Waals surface area contributed by atoms with Gasteiger partial charge in [0.1, 0.15) is 18.1 Å². The third-order valence-electron chi connectivity index (χ3n) is 5.57. The minimum atomic E-state index is -0.373. The minimum absolute atomic E-state index is 0.232. The lowest BCUT2D eigenvalue weighted by Crippen LogP contribution is -2.32. The normalized spacial score (nSPS) is 13.6. The third kappa shape index (κ3) is 4.64. The van der Waals surface area contributed by atoms with Crippen LogP contribution >= 0.6 is 0 Å². The van der Waals surface area contributed by atoms with Crippen LogP contribution in [0.2, 0.25) is 0 Å². The molecule has 162 valence electrons. The molecule has 0 amide bonds. The number of aryl methyl sites for hydroxylation is 3. The predicted octanol–water partition coefficient (Wildman–Crippen LogP) is 4.26. The van der Waals surface area contributed by atoms with Gasteiger partial charge in [0.25, 0.3) is 0 Å². The minimum Gasteiger partial charge on any atom is -0.477 e. The van der Waals surface area contributed by atoms with Gasteiger partial charge in [-0.3, -0.25) is 9.69 Å². The first kappa shape index (κ1) is 21.1. The Morgan fingerprint density at radius 1 is 1.16 bits per heavy atom. The largest absolute Gasteiger partial charge is 0.477 e. The van der Waals surface area contributed by atoms with Gasteiger partial charge in [-0.05, 0) is 49.9 Å². The monoisotopic (exact) mass is 421 g/mol. The maximum atomic E-state index is 12.1. The molecule has 1 aromatic heterocycles. The number of carbonyl (C=O) groups is 1. The number of hydrogen-bond acceptors (Lipinski definition) is 6. The molecule has 6 nitrogen and oxygen atoms in total. The molecule has 0 aliphatic carbocycles. The Hall–Kier alpha value is -3.12. The maximum Gasteiger partial charge on any atom is 0.336 e. The highest BCUT2D eigenvalue weighted by Crippen LogP contribution is 2.37. The Kier molecular flexibility index (Phi) is 6.09. The maximum absolute atomic E-state index is 12.1. The molecule has 6 heteroatoms. The Bertz CT molecular complexity index is 1160. The zero-order valence-electron chi connectivity index (χ0n) is 18.2. The van der Waals surface area contributed by atoms with E-state index >= 15 is 0 Å². The Labute approximate surface area is 181 Å². The molecule has 0 N–H and O–H groups in total. The van der Waals surface area contributed by atoms with E-state index in [2.05, 4.69) is 36.1 Å². The lowest BCUT2D eigenvalue weighted by molar-refractivity contribution is -0.143. The second kappa shape index (κ2) is 8.94. The highest BCUT2D eigenvalue weighted by Gasteiger charge is 2.25. The van der Waals surface area contributed by atoms with Crippen molar-refractivity contribution in [2.75, 3.05) is 13.3 Å². The van der Waals surface area contributed by atoms with Crippen LogP contribution in [0.5, 0.6) is 5.75 Å². The number of hydrogen-bond donors (Lipinski definition) is 0. The fourth-order valence-corrected chi connectivity index (χ4v) is 4.02. The summed E-state index contributed by atoms with van der Waals surface area (Å²) in [6, 6.07) is 11.9. The summed E-state index contributed by atoms with van der Waals surface area (Å²) in [4.78, 5) is 26.2.